The summed E-state index contributed by atoms with van der Waals surface area (Å²) in [6.07, 6.45) is -1.05. The van der Waals surface area contributed by atoms with Gasteiger partial charge in [0, 0.05) is 12.1 Å². The molecule has 2 aliphatic rings. The Morgan fingerprint density at radius 3 is 2.26 bits per heavy atom. The van der Waals surface area contributed by atoms with Crippen molar-refractivity contribution in [2.24, 2.45) is 5.92 Å². The Morgan fingerprint density at radius 1 is 0.771 bits per heavy atom. The van der Waals surface area contributed by atoms with Gasteiger partial charge in [-0.3, -0.25) is 24.5 Å². The number of carbonyl (C=O) groups is 2. The van der Waals surface area contributed by atoms with Gasteiger partial charge in [-0.1, -0.05) is 66.7 Å². The van der Waals surface area contributed by atoms with Crippen LogP contribution in [0.4, 0.5) is 17.1 Å². The number of rotatable bonds is 4. The van der Waals surface area contributed by atoms with E-state index in [-0.39, 0.29) is 11.4 Å². The molecule has 35 heavy (non-hydrogen) atoms. The van der Waals surface area contributed by atoms with Crippen LogP contribution in [0.3, 0.4) is 0 Å². The summed E-state index contributed by atoms with van der Waals surface area (Å²) >= 11 is 0. The predicted octanol–water partition coefficient (Wildman–Crippen LogP) is 4.80. The van der Waals surface area contributed by atoms with E-state index in [0.717, 1.165) is 26.9 Å². The number of amides is 2. The summed E-state index contributed by atoms with van der Waals surface area (Å²) in [4.78, 5) is 45.2. The Bertz CT molecular complexity index is 1480. The Hall–Kier alpha value is -4.56. The average molecular weight is 465 g/mol. The van der Waals surface area contributed by atoms with E-state index in [4.69, 9.17) is 4.84 Å². The Kier molecular flexibility index (Phi) is 4.82. The maximum Gasteiger partial charge on any atom is 0.271 e. The minimum absolute atomic E-state index is 0.162. The van der Waals surface area contributed by atoms with Gasteiger partial charge in [0.1, 0.15) is 5.92 Å². The van der Waals surface area contributed by atoms with Crippen molar-refractivity contribution in [1.82, 2.24) is 0 Å². The summed E-state index contributed by atoms with van der Waals surface area (Å²) in [5, 5.41) is 14.9. The number of para-hydroxylation sites is 1. The summed E-state index contributed by atoms with van der Waals surface area (Å²) in [6.45, 7) is 0. The number of fused-ring (bicyclic) bond motifs is 2. The van der Waals surface area contributed by atoms with Crippen molar-refractivity contribution in [3.8, 4) is 0 Å². The van der Waals surface area contributed by atoms with Gasteiger partial charge in [-0.05, 0) is 34.5 Å². The van der Waals surface area contributed by atoms with E-state index in [1.54, 1.807) is 5.06 Å². The number of nitro groups is 1. The molecule has 2 saturated heterocycles. The number of anilines is 2. The van der Waals surface area contributed by atoms with Crippen molar-refractivity contribution in [2.45, 2.75) is 12.1 Å². The molecule has 6 rings (SSSR count). The van der Waals surface area contributed by atoms with Crippen LogP contribution in [-0.2, 0) is 14.4 Å². The highest BCUT2D eigenvalue weighted by Gasteiger charge is 2.60. The third-order valence-electron chi connectivity index (χ3n) is 6.57. The zero-order valence-corrected chi connectivity index (χ0v) is 18.4. The van der Waals surface area contributed by atoms with E-state index in [2.05, 4.69) is 0 Å². The number of nitro benzene ring substituents is 1. The summed E-state index contributed by atoms with van der Waals surface area (Å²) in [7, 11) is 0. The van der Waals surface area contributed by atoms with E-state index in [9.17, 15) is 19.7 Å². The molecule has 172 valence electrons. The molecule has 8 heteroatoms. The average Bonchev–Trinajstić information content (AvgIpc) is 3.40. The second kappa shape index (κ2) is 8.03. The molecule has 3 unspecified atom stereocenters. The van der Waals surface area contributed by atoms with Crippen molar-refractivity contribution >= 4 is 39.6 Å². The highest BCUT2D eigenvalue weighted by molar-refractivity contribution is 6.24. The number of imide groups is 1. The molecule has 2 aliphatic heterocycles. The maximum atomic E-state index is 13.8. The maximum absolute atomic E-state index is 13.8. The van der Waals surface area contributed by atoms with E-state index in [0.29, 0.717) is 0 Å². The van der Waals surface area contributed by atoms with Crippen LogP contribution in [0.1, 0.15) is 11.6 Å². The van der Waals surface area contributed by atoms with Crippen LogP contribution in [0.15, 0.2) is 97.1 Å². The predicted molar refractivity (Wildman–Crippen MR) is 130 cm³/mol. The second-order valence-electron chi connectivity index (χ2n) is 8.52. The molecule has 0 saturated carbocycles. The SMILES string of the molecule is O=C1C2ON(c3ccccc3)C(c3cccc4ccccc34)C2C(=O)N1c1cccc([N+](=O)[O-])c1. The fourth-order valence-electron chi connectivity index (χ4n) is 5.04. The molecular formula is C27H19N3O5. The van der Waals surface area contributed by atoms with Gasteiger partial charge in [0.05, 0.1) is 22.3 Å². The lowest BCUT2D eigenvalue weighted by atomic mass is 9.87. The minimum atomic E-state index is -1.05. The molecule has 0 aromatic heterocycles. The van der Waals surface area contributed by atoms with Crippen molar-refractivity contribution in [3.05, 3.63) is 113 Å². The van der Waals surface area contributed by atoms with E-state index in [1.165, 1.54) is 24.3 Å². The highest BCUT2D eigenvalue weighted by Crippen LogP contribution is 2.49. The van der Waals surface area contributed by atoms with Gasteiger partial charge >= 0.3 is 0 Å². The number of hydroxylamine groups is 1. The first kappa shape index (κ1) is 21.0. The lowest BCUT2D eigenvalue weighted by Gasteiger charge is -2.29. The van der Waals surface area contributed by atoms with E-state index >= 15 is 0 Å². The van der Waals surface area contributed by atoms with E-state index < -0.39 is 34.8 Å². The monoisotopic (exact) mass is 465 g/mol. The van der Waals surface area contributed by atoms with E-state index in [1.807, 2.05) is 72.8 Å². The molecule has 8 nitrogen and oxygen atoms in total. The van der Waals surface area contributed by atoms with Gasteiger partial charge in [0.2, 0.25) is 5.91 Å². The Morgan fingerprint density at radius 2 is 1.46 bits per heavy atom. The molecule has 0 aliphatic carbocycles. The third-order valence-corrected chi connectivity index (χ3v) is 6.57. The van der Waals surface area contributed by atoms with Gasteiger partial charge in [0.15, 0.2) is 6.10 Å². The van der Waals surface area contributed by atoms with Crippen LogP contribution >= 0.6 is 0 Å². The first-order valence-corrected chi connectivity index (χ1v) is 11.2. The first-order valence-electron chi connectivity index (χ1n) is 11.2. The lowest BCUT2D eigenvalue weighted by molar-refractivity contribution is -0.384. The molecular weight excluding hydrogens is 446 g/mol. The van der Waals surface area contributed by atoms with Crippen LogP contribution in [0, 0.1) is 16.0 Å². The molecule has 0 radical (unpaired) electrons. The van der Waals surface area contributed by atoms with Gasteiger partial charge in [-0.2, -0.15) is 0 Å². The normalized spacial score (nSPS) is 21.5. The lowest BCUT2D eigenvalue weighted by Crippen LogP contribution is -2.37. The second-order valence-corrected chi connectivity index (χ2v) is 8.52. The molecule has 0 N–H and O–H groups in total. The van der Waals surface area contributed by atoms with Crippen LogP contribution in [0.2, 0.25) is 0 Å². The quantitative estimate of drug-likeness (QED) is 0.244. The van der Waals surface area contributed by atoms with Gasteiger partial charge < -0.3 is 0 Å². The first-order chi connectivity index (χ1) is 17.0. The topological polar surface area (TPSA) is 93.0 Å². The third kappa shape index (κ3) is 3.26. The van der Waals surface area contributed by atoms with Crippen molar-refractivity contribution < 1.29 is 19.3 Å². The van der Waals surface area contributed by atoms with Crippen LogP contribution in [0.5, 0.6) is 0 Å². The molecule has 0 bridgehead atoms. The highest BCUT2D eigenvalue weighted by atomic mass is 16.7. The van der Waals surface area contributed by atoms with Gasteiger partial charge in [0.25, 0.3) is 11.6 Å². The molecule has 2 heterocycles. The number of benzene rings is 4. The number of non-ortho nitro benzene ring substituents is 1. The standard InChI is InChI=1S/C27H19N3O5/c31-26-23-24(22-15-6-9-17-8-4-5-14-21(17)22)29(18-10-2-1-3-11-18)35-25(23)27(32)28(26)19-12-7-13-20(16-19)30(33)34/h1-16,23-25H. The Labute approximate surface area is 200 Å². The van der Waals surface area contributed by atoms with Crippen LogP contribution in [-0.4, -0.2) is 22.8 Å². The number of carbonyl (C=O) groups excluding carboxylic acids is 2. The van der Waals surface area contributed by atoms with Gasteiger partial charge in [-0.25, -0.2) is 9.96 Å². The zero-order chi connectivity index (χ0) is 24.1. The fraction of sp³-hybridized carbons (Fsp3) is 0.111. The molecule has 3 atom stereocenters. The van der Waals surface area contributed by atoms with Crippen molar-refractivity contribution in [3.63, 3.8) is 0 Å². The summed E-state index contributed by atoms with van der Waals surface area (Å²) < 4.78 is 0. The molecule has 2 fully saturated rings. The summed E-state index contributed by atoms with van der Waals surface area (Å²) in [5.41, 5.74) is 1.55. The summed E-state index contributed by atoms with van der Waals surface area (Å²) in [5.74, 6) is -1.81. The fourth-order valence-corrected chi connectivity index (χ4v) is 5.04. The molecule has 4 aromatic carbocycles. The molecule has 2 amide bonds. The zero-order valence-electron chi connectivity index (χ0n) is 18.4. The number of nitrogens with zero attached hydrogens (tertiary/aromatic N) is 3. The minimum Gasteiger partial charge on any atom is -0.273 e. The van der Waals surface area contributed by atoms with Crippen LogP contribution in [0.25, 0.3) is 10.8 Å². The molecule has 4 aromatic rings. The van der Waals surface area contributed by atoms with Gasteiger partial charge in [-0.15, -0.1) is 0 Å². The smallest absolute Gasteiger partial charge is 0.271 e. The number of hydrogen-bond acceptors (Lipinski definition) is 6. The van der Waals surface area contributed by atoms with Crippen molar-refractivity contribution in [1.29, 1.82) is 0 Å². The van der Waals surface area contributed by atoms with Crippen LogP contribution < -0.4 is 9.96 Å². The van der Waals surface area contributed by atoms with Crippen molar-refractivity contribution in [2.75, 3.05) is 9.96 Å². The largest absolute Gasteiger partial charge is 0.273 e. The summed E-state index contributed by atoms with van der Waals surface area (Å²) in [6, 6.07) is 28.0. The number of hydrogen-bond donors (Lipinski definition) is 0. The molecule has 0 spiro atoms. The Balaban J connectivity index is 1.49.